The molecular formula is C15H21N3O3. The summed E-state index contributed by atoms with van der Waals surface area (Å²) in [5, 5.41) is 0. The summed E-state index contributed by atoms with van der Waals surface area (Å²) >= 11 is 0. The first-order chi connectivity index (χ1) is 10.0. The number of carbonyl (C=O) groups is 2. The molecule has 0 atom stereocenters. The fourth-order valence-electron chi connectivity index (χ4n) is 2.41. The molecule has 0 unspecified atom stereocenters. The number of ketones is 1. The van der Waals surface area contributed by atoms with Crippen LogP contribution in [-0.4, -0.2) is 49.6 Å². The SMILES string of the molecule is CCOC(=O)N1CCN(c2ccc(C(C)=O)cc2N)CC1. The van der Waals surface area contributed by atoms with E-state index in [1.165, 1.54) is 6.92 Å². The highest BCUT2D eigenvalue weighted by atomic mass is 16.6. The van der Waals surface area contributed by atoms with Gasteiger partial charge in [-0.3, -0.25) is 4.79 Å². The molecule has 6 heteroatoms. The summed E-state index contributed by atoms with van der Waals surface area (Å²) in [4.78, 5) is 26.8. The van der Waals surface area contributed by atoms with Crippen LogP contribution in [-0.2, 0) is 4.74 Å². The average molecular weight is 291 g/mol. The fraction of sp³-hybridized carbons (Fsp3) is 0.467. The van der Waals surface area contributed by atoms with Crippen molar-refractivity contribution in [3.63, 3.8) is 0 Å². The Labute approximate surface area is 124 Å². The summed E-state index contributed by atoms with van der Waals surface area (Å²) in [7, 11) is 0. The van der Waals surface area contributed by atoms with Crippen LogP contribution in [0.2, 0.25) is 0 Å². The van der Waals surface area contributed by atoms with Crippen molar-refractivity contribution in [1.82, 2.24) is 4.90 Å². The number of Topliss-reactive ketones (excluding diaryl/α,β-unsaturated/α-hetero) is 1. The van der Waals surface area contributed by atoms with E-state index >= 15 is 0 Å². The van der Waals surface area contributed by atoms with Gasteiger partial charge in [-0.05, 0) is 32.0 Å². The van der Waals surface area contributed by atoms with Crippen LogP contribution in [0.15, 0.2) is 18.2 Å². The number of piperazine rings is 1. The van der Waals surface area contributed by atoms with Gasteiger partial charge in [0.25, 0.3) is 0 Å². The number of ether oxygens (including phenoxy) is 1. The monoisotopic (exact) mass is 291 g/mol. The third kappa shape index (κ3) is 3.45. The van der Waals surface area contributed by atoms with Gasteiger partial charge in [-0.15, -0.1) is 0 Å². The number of rotatable bonds is 3. The number of amides is 1. The predicted octanol–water partition coefficient (Wildman–Crippen LogP) is 1.75. The van der Waals surface area contributed by atoms with Crippen molar-refractivity contribution in [3.8, 4) is 0 Å². The molecular weight excluding hydrogens is 270 g/mol. The van der Waals surface area contributed by atoms with Gasteiger partial charge >= 0.3 is 6.09 Å². The molecule has 0 aromatic heterocycles. The first kappa shape index (κ1) is 15.2. The standard InChI is InChI=1S/C15H21N3O3/c1-3-21-15(20)18-8-6-17(7-9-18)14-5-4-12(11(2)19)10-13(14)16/h4-5,10H,3,6-9,16H2,1-2H3. The van der Waals surface area contributed by atoms with Crippen LogP contribution < -0.4 is 10.6 Å². The molecule has 1 aromatic carbocycles. The quantitative estimate of drug-likeness (QED) is 0.678. The Morgan fingerprint density at radius 3 is 2.43 bits per heavy atom. The van der Waals surface area contributed by atoms with Crippen LogP contribution in [0.4, 0.5) is 16.2 Å². The lowest BCUT2D eigenvalue weighted by Crippen LogP contribution is -2.49. The second-order valence-electron chi connectivity index (χ2n) is 5.00. The molecule has 21 heavy (non-hydrogen) atoms. The maximum Gasteiger partial charge on any atom is 0.409 e. The van der Waals surface area contributed by atoms with Gasteiger partial charge in [0, 0.05) is 31.7 Å². The normalized spacial score (nSPS) is 15.0. The molecule has 0 radical (unpaired) electrons. The Bertz CT molecular complexity index is 537. The molecule has 1 heterocycles. The van der Waals surface area contributed by atoms with Crippen molar-refractivity contribution in [3.05, 3.63) is 23.8 Å². The first-order valence-corrected chi connectivity index (χ1v) is 7.10. The molecule has 114 valence electrons. The van der Waals surface area contributed by atoms with Gasteiger partial charge in [-0.25, -0.2) is 4.79 Å². The molecule has 2 N–H and O–H groups in total. The van der Waals surface area contributed by atoms with Crippen molar-refractivity contribution in [2.75, 3.05) is 43.4 Å². The van der Waals surface area contributed by atoms with Crippen LogP contribution in [0, 0.1) is 0 Å². The van der Waals surface area contributed by atoms with E-state index in [0.29, 0.717) is 44.0 Å². The minimum absolute atomic E-state index is 0.000352. The molecule has 0 aliphatic carbocycles. The molecule has 1 saturated heterocycles. The van der Waals surface area contributed by atoms with Crippen LogP contribution >= 0.6 is 0 Å². The Hall–Kier alpha value is -2.24. The smallest absolute Gasteiger partial charge is 0.409 e. The molecule has 6 nitrogen and oxygen atoms in total. The van der Waals surface area contributed by atoms with Gasteiger partial charge in [-0.1, -0.05) is 0 Å². The molecule has 0 spiro atoms. The van der Waals surface area contributed by atoms with Crippen molar-refractivity contribution in [2.45, 2.75) is 13.8 Å². The highest BCUT2D eigenvalue weighted by Crippen LogP contribution is 2.25. The third-order valence-electron chi connectivity index (χ3n) is 3.58. The summed E-state index contributed by atoms with van der Waals surface area (Å²) < 4.78 is 4.99. The third-order valence-corrected chi connectivity index (χ3v) is 3.58. The number of nitrogens with zero attached hydrogens (tertiary/aromatic N) is 2. The topological polar surface area (TPSA) is 75.9 Å². The number of carbonyl (C=O) groups excluding carboxylic acids is 2. The van der Waals surface area contributed by atoms with Gasteiger partial charge in [0.2, 0.25) is 0 Å². The van der Waals surface area contributed by atoms with E-state index < -0.39 is 0 Å². The fourth-order valence-corrected chi connectivity index (χ4v) is 2.41. The van der Waals surface area contributed by atoms with Gasteiger partial charge in [0.05, 0.1) is 18.0 Å². The highest BCUT2D eigenvalue weighted by molar-refractivity contribution is 5.96. The zero-order valence-corrected chi connectivity index (χ0v) is 12.5. The maximum atomic E-state index is 11.7. The number of nitrogens with two attached hydrogens (primary N) is 1. The first-order valence-electron chi connectivity index (χ1n) is 7.10. The number of hydrogen-bond donors (Lipinski definition) is 1. The Morgan fingerprint density at radius 2 is 1.90 bits per heavy atom. The lowest BCUT2D eigenvalue weighted by molar-refractivity contribution is 0.101. The van der Waals surface area contributed by atoms with E-state index in [9.17, 15) is 9.59 Å². The molecule has 1 amide bonds. The van der Waals surface area contributed by atoms with Gasteiger partial charge in [0.1, 0.15) is 0 Å². The summed E-state index contributed by atoms with van der Waals surface area (Å²) in [6, 6.07) is 5.35. The highest BCUT2D eigenvalue weighted by Gasteiger charge is 2.23. The van der Waals surface area contributed by atoms with E-state index in [0.717, 1.165) is 5.69 Å². The Balaban J connectivity index is 2.02. The van der Waals surface area contributed by atoms with Gasteiger partial charge in [0.15, 0.2) is 5.78 Å². The molecule has 0 bridgehead atoms. The zero-order chi connectivity index (χ0) is 15.4. The number of nitrogen functional groups attached to an aromatic ring is 1. The second-order valence-corrected chi connectivity index (χ2v) is 5.00. The lowest BCUT2D eigenvalue weighted by Gasteiger charge is -2.36. The van der Waals surface area contributed by atoms with Crippen molar-refractivity contribution >= 4 is 23.3 Å². The average Bonchev–Trinajstić information content (AvgIpc) is 2.47. The number of benzene rings is 1. The predicted molar refractivity (Wildman–Crippen MR) is 81.7 cm³/mol. The van der Waals surface area contributed by atoms with E-state index in [4.69, 9.17) is 10.5 Å². The maximum absolute atomic E-state index is 11.7. The second kappa shape index (κ2) is 6.47. The van der Waals surface area contributed by atoms with E-state index in [1.807, 2.05) is 6.07 Å². The van der Waals surface area contributed by atoms with Crippen molar-refractivity contribution in [2.24, 2.45) is 0 Å². The Kier molecular flexibility index (Phi) is 4.67. The number of anilines is 2. The summed E-state index contributed by atoms with van der Waals surface area (Å²) in [5.41, 5.74) is 8.14. The van der Waals surface area contributed by atoms with Crippen LogP contribution in [0.5, 0.6) is 0 Å². The molecule has 1 aromatic rings. The van der Waals surface area contributed by atoms with E-state index in [-0.39, 0.29) is 11.9 Å². The van der Waals surface area contributed by atoms with E-state index in [2.05, 4.69) is 4.90 Å². The van der Waals surface area contributed by atoms with Crippen LogP contribution in [0.25, 0.3) is 0 Å². The summed E-state index contributed by atoms with van der Waals surface area (Å²) in [5.74, 6) is 0.000352. The summed E-state index contributed by atoms with van der Waals surface area (Å²) in [6.07, 6.45) is -0.267. The number of hydrogen-bond acceptors (Lipinski definition) is 5. The summed E-state index contributed by atoms with van der Waals surface area (Å²) in [6.45, 7) is 6.31. The van der Waals surface area contributed by atoms with E-state index in [1.54, 1.807) is 24.0 Å². The largest absolute Gasteiger partial charge is 0.450 e. The molecule has 0 saturated carbocycles. The van der Waals surface area contributed by atoms with Crippen molar-refractivity contribution < 1.29 is 14.3 Å². The Morgan fingerprint density at radius 1 is 1.24 bits per heavy atom. The van der Waals surface area contributed by atoms with Crippen LogP contribution in [0.1, 0.15) is 24.2 Å². The molecule has 2 rings (SSSR count). The molecule has 1 aliphatic heterocycles. The lowest BCUT2D eigenvalue weighted by atomic mass is 10.1. The zero-order valence-electron chi connectivity index (χ0n) is 12.5. The molecule has 1 aliphatic rings. The minimum atomic E-state index is -0.267. The van der Waals surface area contributed by atoms with Gasteiger partial charge in [-0.2, -0.15) is 0 Å². The van der Waals surface area contributed by atoms with Crippen LogP contribution in [0.3, 0.4) is 0 Å². The minimum Gasteiger partial charge on any atom is -0.450 e. The van der Waals surface area contributed by atoms with Crippen molar-refractivity contribution in [1.29, 1.82) is 0 Å². The van der Waals surface area contributed by atoms with Gasteiger partial charge < -0.3 is 20.3 Å². The molecule has 1 fully saturated rings.